The minimum Gasteiger partial charge on any atom is -0.497 e. The Morgan fingerprint density at radius 2 is 2.00 bits per heavy atom. The Labute approximate surface area is 164 Å². The molecule has 0 spiro atoms. The van der Waals surface area contributed by atoms with E-state index in [9.17, 15) is 9.59 Å². The lowest BCUT2D eigenvalue weighted by Gasteiger charge is -2.12. The monoisotopic (exact) mass is 395 g/mol. The smallest absolute Gasteiger partial charge is 0.271 e. The molecule has 1 amide bonds. The summed E-state index contributed by atoms with van der Waals surface area (Å²) in [7, 11) is 3.06. The van der Waals surface area contributed by atoms with Crippen molar-refractivity contribution in [2.45, 2.75) is 6.54 Å². The zero-order valence-electron chi connectivity index (χ0n) is 15.3. The second-order valence-electron chi connectivity index (χ2n) is 6.07. The van der Waals surface area contributed by atoms with Gasteiger partial charge in [-0.05, 0) is 18.2 Å². The minimum atomic E-state index is -0.354. The van der Waals surface area contributed by atoms with Crippen molar-refractivity contribution in [3.8, 4) is 11.5 Å². The maximum atomic E-state index is 12.8. The molecule has 8 heteroatoms. The van der Waals surface area contributed by atoms with Gasteiger partial charge in [-0.2, -0.15) is 0 Å². The maximum Gasteiger partial charge on any atom is 0.271 e. The standard InChI is InChI=1S/C20H17N3O4S/c1-26-12-7-8-14(15(9-12)27-2)22-17(24)10-23-11-21-18-13-5-3-4-6-16(13)28-19(18)20(23)25/h3-9,11H,10H2,1-2H3,(H,22,24). The average Bonchev–Trinajstić information content (AvgIpc) is 3.10. The normalized spacial score (nSPS) is 10.9. The Kier molecular flexibility index (Phi) is 4.70. The molecule has 28 heavy (non-hydrogen) atoms. The van der Waals surface area contributed by atoms with Crippen molar-refractivity contribution in [2.75, 3.05) is 19.5 Å². The summed E-state index contributed by atoms with van der Waals surface area (Å²) in [6, 6.07) is 12.8. The fraction of sp³-hybridized carbons (Fsp3) is 0.150. The van der Waals surface area contributed by atoms with Gasteiger partial charge in [0.2, 0.25) is 5.91 Å². The topological polar surface area (TPSA) is 82.5 Å². The van der Waals surface area contributed by atoms with E-state index in [0.717, 1.165) is 10.1 Å². The van der Waals surface area contributed by atoms with Crippen LogP contribution in [0.15, 0.2) is 53.6 Å². The summed E-state index contributed by atoms with van der Waals surface area (Å²) in [5, 5.41) is 3.70. The minimum absolute atomic E-state index is 0.148. The van der Waals surface area contributed by atoms with E-state index in [-0.39, 0.29) is 18.0 Å². The molecule has 0 aliphatic carbocycles. The van der Waals surface area contributed by atoms with Crippen molar-refractivity contribution in [3.63, 3.8) is 0 Å². The van der Waals surface area contributed by atoms with Crippen LogP contribution in [0.1, 0.15) is 0 Å². The third-order valence-electron chi connectivity index (χ3n) is 4.35. The van der Waals surface area contributed by atoms with E-state index in [1.54, 1.807) is 25.3 Å². The van der Waals surface area contributed by atoms with E-state index in [4.69, 9.17) is 9.47 Å². The third-order valence-corrected chi connectivity index (χ3v) is 5.50. The van der Waals surface area contributed by atoms with Crippen LogP contribution >= 0.6 is 11.3 Å². The molecule has 0 atom stereocenters. The number of fused-ring (bicyclic) bond motifs is 3. The Bertz CT molecular complexity index is 1250. The molecule has 142 valence electrons. The molecule has 0 radical (unpaired) electrons. The SMILES string of the molecule is COc1ccc(NC(=O)Cn2cnc3c(sc4ccccc43)c2=O)c(OC)c1. The van der Waals surface area contributed by atoms with Crippen LogP contribution in [0, 0.1) is 0 Å². The van der Waals surface area contributed by atoms with Crippen molar-refractivity contribution in [3.05, 3.63) is 59.1 Å². The molecule has 4 rings (SSSR count). The lowest BCUT2D eigenvalue weighted by molar-refractivity contribution is -0.116. The van der Waals surface area contributed by atoms with Crippen molar-refractivity contribution >= 4 is 43.2 Å². The highest BCUT2D eigenvalue weighted by Gasteiger charge is 2.14. The number of thiophene rings is 1. The summed E-state index contributed by atoms with van der Waals surface area (Å²) in [6.45, 7) is -0.148. The number of amides is 1. The number of hydrogen-bond donors (Lipinski definition) is 1. The van der Waals surface area contributed by atoms with Gasteiger partial charge < -0.3 is 14.8 Å². The highest BCUT2D eigenvalue weighted by Crippen LogP contribution is 2.30. The average molecular weight is 395 g/mol. The van der Waals surface area contributed by atoms with Gasteiger partial charge in [0.05, 0.1) is 31.8 Å². The van der Waals surface area contributed by atoms with E-state index < -0.39 is 0 Å². The molecule has 1 N–H and O–H groups in total. The first kappa shape index (κ1) is 18.0. The van der Waals surface area contributed by atoms with Crippen molar-refractivity contribution in [1.29, 1.82) is 0 Å². The predicted molar refractivity (Wildman–Crippen MR) is 110 cm³/mol. The van der Waals surface area contributed by atoms with Gasteiger partial charge in [-0.15, -0.1) is 11.3 Å². The number of carbonyl (C=O) groups is 1. The number of methoxy groups -OCH3 is 2. The molecule has 0 aliphatic rings. The summed E-state index contributed by atoms with van der Waals surface area (Å²) in [5.41, 5.74) is 0.930. The molecular formula is C20H17N3O4S. The molecule has 4 aromatic rings. The summed E-state index contributed by atoms with van der Waals surface area (Å²) >= 11 is 1.38. The number of carbonyl (C=O) groups excluding carboxylic acids is 1. The number of aromatic nitrogens is 2. The van der Waals surface area contributed by atoms with Gasteiger partial charge in [-0.3, -0.25) is 14.2 Å². The van der Waals surface area contributed by atoms with E-state index in [0.29, 0.717) is 27.4 Å². The Morgan fingerprint density at radius 3 is 2.79 bits per heavy atom. The summed E-state index contributed by atoms with van der Waals surface area (Å²) in [6.07, 6.45) is 1.41. The van der Waals surface area contributed by atoms with Crippen LogP contribution < -0.4 is 20.3 Å². The number of hydrogen-bond acceptors (Lipinski definition) is 6. The van der Waals surface area contributed by atoms with Gasteiger partial charge in [0, 0.05) is 16.2 Å². The number of benzene rings is 2. The highest BCUT2D eigenvalue weighted by atomic mass is 32.1. The molecular weight excluding hydrogens is 378 g/mol. The van der Waals surface area contributed by atoms with Crippen LogP contribution in [0.4, 0.5) is 5.69 Å². The van der Waals surface area contributed by atoms with Crippen LogP contribution in [0.3, 0.4) is 0 Å². The van der Waals surface area contributed by atoms with Crippen LogP contribution in [0.2, 0.25) is 0 Å². The maximum absolute atomic E-state index is 12.8. The van der Waals surface area contributed by atoms with E-state index in [1.807, 2.05) is 24.3 Å². The second-order valence-corrected chi connectivity index (χ2v) is 7.12. The largest absolute Gasteiger partial charge is 0.497 e. The van der Waals surface area contributed by atoms with Crippen molar-refractivity contribution in [2.24, 2.45) is 0 Å². The number of ether oxygens (including phenoxy) is 2. The first-order valence-electron chi connectivity index (χ1n) is 8.49. The number of nitrogens with one attached hydrogen (secondary N) is 1. The quantitative estimate of drug-likeness (QED) is 0.561. The Balaban J connectivity index is 1.61. The molecule has 0 fully saturated rings. The Hall–Kier alpha value is -3.39. The molecule has 7 nitrogen and oxygen atoms in total. The highest BCUT2D eigenvalue weighted by molar-refractivity contribution is 7.25. The summed E-state index contributed by atoms with van der Waals surface area (Å²) in [5.74, 6) is 0.733. The van der Waals surface area contributed by atoms with Gasteiger partial charge in [-0.25, -0.2) is 4.98 Å². The molecule has 0 bridgehead atoms. The van der Waals surface area contributed by atoms with Gasteiger partial charge in [0.25, 0.3) is 5.56 Å². The number of rotatable bonds is 5. The van der Waals surface area contributed by atoms with E-state index in [2.05, 4.69) is 10.3 Å². The fourth-order valence-electron chi connectivity index (χ4n) is 2.97. The van der Waals surface area contributed by atoms with Crippen LogP contribution in [-0.4, -0.2) is 29.7 Å². The second kappa shape index (κ2) is 7.32. The van der Waals surface area contributed by atoms with Crippen LogP contribution in [0.25, 0.3) is 20.3 Å². The van der Waals surface area contributed by atoms with Gasteiger partial charge in [0.15, 0.2) is 0 Å². The van der Waals surface area contributed by atoms with Gasteiger partial charge >= 0.3 is 0 Å². The molecule has 2 aromatic heterocycles. The summed E-state index contributed by atoms with van der Waals surface area (Å²) < 4.78 is 13.3. The lowest BCUT2D eigenvalue weighted by atomic mass is 10.2. The zero-order valence-corrected chi connectivity index (χ0v) is 16.1. The molecule has 0 unspecified atom stereocenters. The lowest BCUT2D eigenvalue weighted by Crippen LogP contribution is -2.27. The number of anilines is 1. The third kappa shape index (κ3) is 3.18. The summed E-state index contributed by atoms with van der Waals surface area (Å²) in [4.78, 5) is 29.7. The molecule has 2 heterocycles. The van der Waals surface area contributed by atoms with Crippen LogP contribution in [-0.2, 0) is 11.3 Å². The number of nitrogens with zero attached hydrogens (tertiary/aromatic N) is 2. The van der Waals surface area contributed by atoms with E-state index >= 15 is 0 Å². The molecule has 0 aliphatic heterocycles. The first-order chi connectivity index (χ1) is 13.6. The fourth-order valence-corrected chi connectivity index (χ4v) is 4.08. The predicted octanol–water partition coefficient (Wildman–Crippen LogP) is 3.27. The first-order valence-corrected chi connectivity index (χ1v) is 9.31. The molecule has 2 aromatic carbocycles. The van der Waals surface area contributed by atoms with Crippen molar-refractivity contribution < 1.29 is 14.3 Å². The van der Waals surface area contributed by atoms with Crippen molar-refractivity contribution in [1.82, 2.24) is 9.55 Å². The van der Waals surface area contributed by atoms with Crippen LogP contribution in [0.5, 0.6) is 11.5 Å². The zero-order chi connectivity index (χ0) is 19.7. The molecule has 0 saturated heterocycles. The van der Waals surface area contributed by atoms with Gasteiger partial charge in [0.1, 0.15) is 22.7 Å². The van der Waals surface area contributed by atoms with E-state index in [1.165, 1.54) is 29.3 Å². The van der Waals surface area contributed by atoms with Gasteiger partial charge in [-0.1, -0.05) is 18.2 Å². The molecule has 0 saturated carbocycles. The Morgan fingerprint density at radius 1 is 1.18 bits per heavy atom.